The highest BCUT2D eigenvalue weighted by atomic mass is 19.1. The molecule has 4 atom stereocenters. The molecule has 2 aromatic rings. The number of hydrogen-bond acceptors (Lipinski definition) is 0. The van der Waals surface area contributed by atoms with Crippen molar-refractivity contribution in [1.82, 2.24) is 0 Å². The van der Waals surface area contributed by atoms with E-state index in [2.05, 4.69) is 6.92 Å². The van der Waals surface area contributed by atoms with E-state index >= 15 is 0 Å². The van der Waals surface area contributed by atoms with Crippen LogP contribution in [0.25, 0.3) is 11.1 Å². The monoisotopic (exact) mass is 418 g/mol. The molecule has 2 aliphatic carbocycles. The average Bonchev–Trinajstić information content (AvgIpc) is 2.70. The zero-order valence-corrected chi connectivity index (χ0v) is 17.6. The van der Waals surface area contributed by atoms with Crippen LogP contribution >= 0.6 is 0 Å². The molecule has 0 aliphatic heterocycles. The van der Waals surface area contributed by atoms with Crippen LogP contribution in [0.3, 0.4) is 0 Å². The lowest BCUT2D eigenvalue weighted by Crippen LogP contribution is -2.30. The minimum atomic E-state index is -0.847. The first-order chi connectivity index (χ1) is 14.4. The Kier molecular flexibility index (Phi) is 6.50. The Bertz CT molecular complexity index is 847. The van der Waals surface area contributed by atoms with E-state index in [0.29, 0.717) is 17.5 Å². The first-order valence-electron chi connectivity index (χ1n) is 11.4. The van der Waals surface area contributed by atoms with Crippen LogP contribution in [0.4, 0.5) is 17.6 Å². The zero-order valence-electron chi connectivity index (χ0n) is 17.6. The first-order valence-corrected chi connectivity index (χ1v) is 11.4. The van der Waals surface area contributed by atoms with Crippen LogP contribution in [0.15, 0.2) is 30.3 Å². The average molecular weight is 419 g/mol. The van der Waals surface area contributed by atoms with E-state index in [-0.39, 0.29) is 17.0 Å². The minimum Gasteiger partial charge on any atom is -0.207 e. The molecule has 0 spiro atoms. The number of hydrogen-bond donors (Lipinski definition) is 0. The van der Waals surface area contributed by atoms with Crippen molar-refractivity contribution in [3.05, 3.63) is 59.2 Å². The predicted molar refractivity (Wildman–Crippen MR) is 112 cm³/mol. The molecular formula is C26H30F4. The molecule has 2 fully saturated rings. The first kappa shape index (κ1) is 21.4. The number of unbranched alkanes of at least 4 members (excludes halogenated alkanes) is 1. The van der Waals surface area contributed by atoms with Crippen molar-refractivity contribution in [1.29, 1.82) is 0 Å². The highest BCUT2D eigenvalue weighted by molar-refractivity contribution is 5.65. The van der Waals surface area contributed by atoms with Crippen molar-refractivity contribution in [3.8, 4) is 11.1 Å². The van der Waals surface area contributed by atoms with E-state index < -0.39 is 23.3 Å². The lowest BCUT2D eigenvalue weighted by Gasteiger charge is -2.42. The molecule has 0 heterocycles. The summed E-state index contributed by atoms with van der Waals surface area (Å²) >= 11 is 0. The Hall–Kier alpha value is -1.84. The van der Waals surface area contributed by atoms with Crippen molar-refractivity contribution in [2.24, 2.45) is 17.8 Å². The molecule has 0 bridgehead atoms. The summed E-state index contributed by atoms with van der Waals surface area (Å²) in [4.78, 5) is 0. The minimum absolute atomic E-state index is 0.108. The molecule has 0 aromatic heterocycles. The zero-order chi connectivity index (χ0) is 21.3. The van der Waals surface area contributed by atoms with Gasteiger partial charge >= 0.3 is 0 Å². The number of rotatable bonds is 5. The third kappa shape index (κ3) is 4.58. The van der Waals surface area contributed by atoms with E-state index in [4.69, 9.17) is 0 Å². The molecular weight excluding hydrogens is 388 g/mol. The fraction of sp³-hybridized carbons (Fsp3) is 0.538. The van der Waals surface area contributed by atoms with Gasteiger partial charge < -0.3 is 0 Å². The van der Waals surface area contributed by atoms with Gasteiger partial charge in [0.2, 0.25) is 0 Å². The summed E-state index contributed by atoms with van der Waals surface area (Å²) in [6.07, 6.45) is 10.8. The van der Waals surface area contributed by atoms with Gasteiger partial charge in [0.25, 0.3) is 0 Å². The van der Waals surface area contributed by atoms with Crippen LogP contribution in [0, 0.1) is 41.0 Å². The maximum absolute atomic E-state index is 14.8. The van der Waals surface area contributed by atoms with Crippen molar-refractivity contribution in [2.75, 3.05) is 0 Å². The van der Waals surface area contributed by atoms with Gasteiger partial charge in [0.05, 0.1) is 5.56 Å². The van der Waals surface area contributed by atoms with Crippen molar-refractivity contribution >= 4 is 0 Å². The van der Waals surface area contributed by atoms with Gasteiger partial charge in [-0.15, -0.1) is 0 Å². The highest BCUT2D eigenvalue weighted by Gasteiger charge is 2.36. The third-order valence-corrected chi connectivity index (χ3v) is 7.37. The van der Waals surface area contributed by atoms with Gasteiger partial charge in [-0.25, -0.2) is 17.6 Å². The van der Waals surface area contributed by atoms with Crippen LogP contribution in [-0.2, 0) is 0 Å². The lowest BCUT2D eigenvalue weighted by molar-refractivity contribution is 0.113. The van der Waals surface area contributed by atoms with Crippen molar-refractivity contribution in [2.45, 2.75) is 70.6 Å². The number of benzene rings is 2. The fourth-order valence-electron chi connectivity index (χ4n) is 5.85. The third-order valence-electron chi connectivity index (χ3n) is 7.37. The van der Waals surface area contributed by atoms with E-state index in [1.807, 2.05) is 0 Å². The maximum Gasteiger partial charge on any atom is 0.134 e. The molecule has 0 saturated heterocycles. The molecule has 0 nitrogen and oxygen atoms in total. The number of fused-ring (bicyclic) bond motifs is 1. The van der Waals surface area contributed by atoms with Gasteiger partial charge in [-0.1, -0.05) is 32.6 Å². The lowest BCUT2D eigenvalue weighted by atomic mass is 9.63. The van der Waals surface area contributed by atoms with Crippen molar-refractivity contribution in [3.63, 3.8) is 0 Å². The summed E-state index contributed by atoms with van der Waals surface area (Å²) in [5.41, 5.74) is 0.211. The molecule has 4 rings (SSSR count). The largest absolute Gasteiger partial charge is 0.207 e. The molecule has 30 heavy (non-hydrogen) atoms. The van der Waals surface area contributed by atoms with Crippen molar-refractivity contribution < 1.29 is 17.6 Å². The van der Waals surface area contributed by atoms with E-state index in [9.17, 15) is 17.6 Å². The Morgan fingerprint density at radius 1 is 0.767 bits per heavy atom. The Balaban J connectivity index is 1.49. The van der Waals surface area contributed by atoms with E-state index in [0.717, 1.165) is 43.2 Å². The van der Waals surface area contributed by atoms with Gasteiger partial charge in [-0.3, -0.25) is 0 Å². The summed E-state index contributed by atoms with van der Waals surface area (Å²) < 4.78 is 56.7. The molecule has 0 N–H and O–H groups in total. The summed E-state index contributed by atoms with van der Waals surface area (Å²) in [7, 11) is 0. The van der Waals surface area contributed by atoms with Crippen LogP contribution < -0.4 is 0 Å². The van der Waals surface area contributed by atoms with Crippen LogP contribution in [0.5, 0.6) is 0 Å². The highest BCUT2D eigenvalue weighted by Crippen LogP contribution is 2.48. The fourth-order valence-corrected chi connectivity index (χ4v) is 5.85. The molecule has 1 unspecified atom stereocenters. The summed E-state index contributed by atoms with van der Waals surface area (Å²) in [6, 6.07) is 5.38. The van der Waals surface area contributed by atoms with E-state index in [1.165, 1.54) is 50.7 Å². The SMILES string of the molecule is CCCCC1CC[C@@H]2C[C@H](c3cc(F)c(-c4cc(F)cc(F)c4)c(F)c3)CC[C@@H]2C1. The molecule has 0 amide bonds. The molecule has 162 valence electrons. The Morgan fingerprint density at radius 3 is 2.07 bits per heavy atom. The maximum atomic E-state index is 14.8. The van der Waals surface area contributed by atoms with Gasteiger partial charge in [-0.2, -0.15) is 0 Å². The predicted octanol–water partition coefficient (Wildman–Crippen LogP) is 8.40. The Morgan fingerprint density at radius 2 is 1.40 bits per heavy atom. The number of halogens is 4. The summed E-state index contributed by atoms with van der Waals surface area (Å²) in [5, 5.41) is 0. The van der Waals surface area contributed by atoms with Gasteiger partial charge in [0.15, 0.2) is 0 Å². The quantitative estimate of drug-likeness (QED) is 0.428. The van der Waals surface area contributed by atoms with Crippen LogP contribution in [0.2, 0.25) is 0 Å². The molecule has 4 heteroatoms. The normalized spacial score (nSPS) is 26.4. The molecule has 2 aliphatic rings. The smallest absolute Gasteiger partial charge is 0.134 e. The van der Waals surface area contributed by atoms with Crippen LogP contribution in [-0.4, -0.2) is 0 Å². The molecule has 2 aromatic carbocycles. The second kappa shape index (κ2) is 9.11. The summed E-state index contributed by atoms with van der Waals surface area (Å²) in [5.74, 6) is -0.794. The van der Waals surface area contributed by atoms with Gasteiger partial charge in [-0.05, 0) is 91.2 Å². The molecule has 2 saturated carbocycles. The topological polar surface area (TPSA) is 0 Å². The summed E-state index contributed by atoms with van der Waals surface area (Å²) in [6.45, 7) is 2.24. The standard InChI is InChI=1S/C26H30F4/c1-2-3-4-16-5-6-18-10-19(8-7-17(18)9-16)20-13-24(29)26(25(30)14-20)21-11-22(27)15-23(28)12-21/h11-19H,2-10H2,1H3/t16?,17-,18-,19-/m1/s1. The van der Waals surface area contributed by atoms with Gasteiger partial charge in [0.1, 0.15) is 23.3 Å². The second-order valence-electron chi connectivity index (χ2n) is 9.37. The van der Waals surface area contributed by atoms with Crippen LogP contribution in [0.1, 0.15) is 76.2 Å². The van der Waals surface area contributed by atoms with Gasteiger partial charge in [0, 0.05) is 6.07 Å². The van der Waals surface area contributed by atoms with E-state index in [1.54, 1.807) is 0 Å². The second-order valence-corrected chi connectivity index (χ2v) is 9.37. The molecule has 0 radical (unpaired) electrons. The Labute approximate surface area is 176 Å².